The third kappa shape index (κ3) is 3.61. The minimum atomic E-state index is -0.0680. The van der Waals surface area contributed by atoms with Gasteiger partial charge < -0.3 is 14.1 Å². The lowest BCUT2D eigenvalue weighted by Crippen LogP contribution is -2.30. The van der Waals surface area contributed by atoms with Crippen LogP contribution in [-0.2, 0) is 0 Å². The molecule has 4 nitrogen and oxygen atoms in total. The SMILES string of the molecule is Cc1cccc(OCCN(C)C(=O)c2ccoc2)c1. The number of carbonyl (C=O) groups is 1. The maximum absolute atomic E-state index is 11.9. The molecule has 0 radical (unpaired) electrons. The van der Waals surface area contributed by atoms with E-state index in [1.807, 2.05) is 31.2 Å². The van der Waals surface area contributed by atoms with E-state index in [2.05, 4.69) is 0 Å². The number of furan rings is 1. The fourth-order valence-electron chi connectivity index (χ4n) is 1.71. The first-order valence-corrected chi connectivity index (χ1v) is 6.14. The zero-order chi connectivity index (χ0) is 13.7. The van der Waals surface area contributed by atoms with Crippen molar-refractivity contribution in [1.82, 2.24) is 4.90 Å². The zero-order valence-electron chi connectivity index (χ0n) is 11.1. The summed E-state index contributed by atoms with van der Waals surface area (Å²) in [6.07, 6.45) is 2.94. The van der Waals surface area contributed by atoms with Crippen LogP contribution in [0.15, 0.2) is 47.3 Å². The number of nitrogens with zero attached hydrogens (tertiary/aromatic N) is 1. The number of ether oxygens (including phenoxy) is 1. The van der Waals surface area contributed by atoms with Crippen LogP contribution in [0.2, 0.25) is 0 Å². The number of hydrogen-bond acceptors (Lipinski definition) is 3. The lowest BCUT2D eigenvalue weighted by molar-refractivity contribution is 0.0773. The van der Waals surface area contributed by atoms with Gasteiger partial charge in [-0.1, -0.05) is 12.1 Å². The van der Waals surface area contributed by atoms with E-state index in [-0.39, 0.29) is 5.91 Å². The third-order valence-electron chi connectivity index (χ3n) is 2.80. The second-order valence-corrected chi connectivity index (χ2v) is 4.40. The largest absolute Gasteiger partial charge is 0.492 e. The molecule has 0 aliphatic carbocycles. The van der Waals surface area contributed by atoms with Crippen molar-refractivity contribution in [3.63, 3.8) is 0 Å². The van der Waals surface area contributed by atoms with Gasteiger partial charge in [-0.2, -0.15) is 0 Å². The Hall–Kier alpha value is -2.23. The molecule has 0 fully saturated rings. The number of benzene rings is 1. The van der Waals surface area contributed by atoms with E-state index in [1.165, 1.54) is 12.5 Å². The number of amides is 1. The highest BCUT2D eigenvalue weighted by Crippen LogP contribution is 2.12. The van der Waals surface area contributed by atoms with Crippen LogP contribution in [-0.4, -0.2) is 31.0 Å². The summed E-state index contributed by atoms with van der Waals surface area (Å²) in [5.41, 5.74) is 1.71. The molecule has 0 aliphatic rings. The van der Waals surface area contributed by atoms with Crippen molar-refractivity contribution in [2.45, 2.75) is 6.92 Å². The quantitative estimate of drug-likeness (QED) is 0.829. The van der Waals surface area contributed by atoms with Gasteiger partial charge in [-0.05, 0) is 30.7 Å². The van der Waals surface area contributed by atoms with Gasteiger partial charge in [-0.3, -0.25) is 4.79 Å². The van der Waals surface area contributed by atoms with E-state index in [4.69, 9.17) is 9.15 Å². The van der Waals surface area contributed by atoms with E-state index in [1.54, 1.807) is 18.0 Å². The maximum atomic E-state index is 11.9. The van der Waals surface area contributed by atoms with Crippen molar-refractivity contribution in [3.8, 4) is 5.75 Å². The monoisotopic (exact) mass is 259 g/mol. The lowest BCUT2D eigenvalue weighted by Gasteiger charge is -2.16. The molecule has 0 spiro atoms. The Labute approximate surface area is 112 Å². The van der Waals surface area contributed by atoms with E-state index in [9.17, 15) is 4.79 Å². The second-order valence-electron chi connectivity index (χ2n) is 4.40. The van der Waals surface area contributed by atoms with Crippen LogP contribution >= 0.6 is 0 Å². The third-order valence-corrected chi connectivity index (χ3v) is 2.80. The van der Waals surface area contributed by atoms with Gasteiger partial charge in [0.2, 0.25) is 0 Å². The van der Waals surface area contributed by atoms with Gasteiger partial charge in [-0.15, -0.1) is 0 Å². The Kier molecular flexibility index (Phi) is 4.23. The Bertz CT molecular complexity index is 534. The van der Waals surface area contributed by atoms with Crippen LogP contribution in [0.3, 0.4) is 0 Å². The minimum absolute atomic E-state index is 0.0680. The van der Waals surface area contributed by atoms with Crippen molar-refractivity contribution in [2.75, 3.05) is 20.2 Å². The van der Waals surface area contributed by atoms with Crippen LogP contribution < -0.4 is 4.74 Å². The Morgan fingerprint density at radius 2 is 2.21 bits per heavy atom. The van der Waals surface area contributed by atoms with Gasteiger partial charge in [0.05, 0.1) is 18.4 Å². The van der Waals surface area contributed by atoms with E-state index >= 15 is 0 Å². The van der Waals surface area contributed by atoms with Crippen LogP contribution in [0.4, 0.5) is 0 Å². The number of likely N-dealkylation sites (N-methyl/N-ethyl adjacent to an activating group) is 1. The molecule has 4 heteroatoms. The van der Waals surface area contributed by atoms with Crippen LogP contribution in [0.1, 0.15) is 15.9 Å². The molecule has 1 aromatic carbocycles. The summed E-state index contributed by atoms with van der Waals surface area (Å²) in [5, 5.41) is 0. The summed E-state index contributed by atoms with van der Waals surface area (Å²) in [7, 11) is 1.74. The number of rotatable bonds is 5. The molecular weight excluding hydrogens is 242 g/mol. The molecular formula is C15H17NO3. The van der Waals surface area contributed by atoms with Gasteiger partial charge >= 0.3 is 0 Å². The molecule has 2 aromatic rings. The van der Waals surface area contributed by atoms with Gasteiger partial charge in [0.1, 0.15) is 18.6 Å². The first-order chi connectivity index (χ1) is 9.16. The van der Waals surface area contributed by atoms with Gasteiger partial charge in [-0.25, -0.2) is 0 Å². The van der Waals surface area contributed by atoms with Crippen LogP contribution in [0, 0.1) is 6.92 Å². The fraction of sp³-hybridized carbons (Fsp3) is 0.267. The Balaban J connectivity index is 1.81. The van der Waals surface area contributed by atoms with Crippen molar-refractivity contribution >= 4 is 5.91 Å². The molecule has 1 aromatic heterocycles. The molecule has 1 amide bonds. The van der Waals surface area contributed by atoms with Gasteiger partial charge in [0.15, 0.2) is 0 Å². The minimum Gasteiger partial charge on any atom is -0.492 e. The molecule has 2 rings (SSSR count). The normalized spacial score (nSPS) is 10.2. The molecule has 100 valence electrons. The van der Waals surface area contributed by atoms with Crippen LogP contribution in [0.25, 0.3) is 0 Å². The lowest BCUT2D eigenvalue weighted by atomic mass is 10.2. The highest BCUT2D eigenvalue weighted by molar-refractivity contribution is 5.93. The molecule has 0 saturated heterocycles. The summed E-state index contributed by atoms with van der Waals surface area (Å²) in [4.78, 5) is 13.5. The van der Waals surface area contributed by atoms with Gasteiger partial charge in [0, 0.05) is 7.05 Å². The smallest absolute Gasteiger partial charge is 0.256 e. The summed E-state index contributed by atoms with van der Waals surface area (Å²) in [6.45, 7) is 3.00. The van der Waals surface area contributed by atoms with E-state index in [0.717, 1.165) is 11.3 Å². The highest BCUT2D eigenvalue weighted by atomic mass is 16.5. The summed E-state index contributed by atoms with van der Waals surface area (Å²) in [5.74, 6) is 0.755. The summed E-state index contributed by atoms with van der Waals surface area (Å²) in [6, 6.07) is 9.50. The predicted molar refractivity (Wildman–Crippen MR) is 72.3 cm³/mol. The van der Waals surface area contributed by atoms with Crippen molar-refractivity contribution in [2.24, 2.45) is 0 Å². The number of hydrogen-bond donors (Lipinski definition) is 0. The Morgan fingerprint density at radius 1 is 1.37 bits per heavy atom. The first kappa shape index (κ1) is 13.2. The average molecular weight is 259 g/mol. The molecule has 0 unspecified atom stereocenters. The van der Waals surface area contributed by atoms with Crippen molar-refractivity contribution in [3.05, 3.63) is 54.0 Å². The molecule has 0 bridgehead atoms. The summed E-state index contributed by atoms with van der Waals surface area (Å²) >= 11 is 0. The predicted octanol–water partition coefficient (Wildman–Crippen LogP) is 2.74. The highest BCUT2D eigenvalue weighted by Gasteiger charge is 2.12. The van der Waals surface area contributed by atoms with Crippen molar-refractivity contribution < 1.29 is 13.9 Å². The second kappa shape index (κ2) is 6.09. The standard InChI is InChI=1S/C15H17NO3/c1-12-4-3-5-14(10-12)19-9-7-16(2)15(17)13-6-8-18-11-13/h3-6,8,10-11H,7,9H2,1-2H3. The van der Waals surface area contributed by atoms with Gasteiger partial charge in [0.25, 0.3) is 5.91 Å². The van der Waals surface area contributed by atoms with Crippen LogP contribution in [0.5, 0.6) is 5.75 Å². The van der Waals surface area contributed by atoms with Crippen molar-refractivity contribution in [1.29, 1.82) is 0 Å². The van der Waals surface area contributed by atoms with E-state index < -0.39 is 0 Å². The average Bonchev–Trinajstić information content (AvgIpc) is 2.91. The fourth-order valence-corrected chi connectivity index (χ4v) is 1.71. The first-order valence-electron chi connectivity index (χ1n) is 6.14. The molecule has 1 heterocycles. The molecule has 0 saturated carbocycles. The number of carbonyl (C=O) groups excluding carboxylic acids is 1. The summed E-state index contributed by atoms with van der Waals surface area (Å²) < 4.78 is 10.5. The molecule has 19 heavy (non-hydrogen) atoms. The van der Waals surface area contributed by atoms with E-state index in [0.29, 0.717) is 18.7 Å². The maximum Gasteiger partial charge on any atom is 0.256 e. The number of aryl methyl sites for hydroxylation is 1. The zero-order valence-corrected chi connectivity index (χ0v) is 11.1. The topological polar surface area (TPSA) is 42.7 Å². The molecule has 0 aliphatic heterocycles. The molecule has 0 atom stereocenters. The molecule has 0 N–H and O–H groups in total. The Morgan fingerprint density at radius 3 is 2.89 bits per heavy atom.